The third-order valence-electron chi connectivity index (χ3n) is 7.96. The first-order valence-corrected chi connectivity index (χ1v) is 14.8. The van der Waals surface area contributed by atoms with Gasteiger partial charge in [0, 0.05) is 19.1 Å². The Bertz CT molecular complexity index is 1320. The molecule has 40 heavy (non-hydrogen) atoms. The smallest absolute Gasteiger partial charge is 0.349 e. The number of amides is 2. The van der Waals surface area contributed by atoms with Crippen molar-refractivity contribution in [2.75, 3.05) is 26.2 Å². The molecular formula is C30H31ClF3N3O2S. The van der Waals surface area contributed by atoms with Gasteiger partial charge >= 0.3 is 6.18 Å². The van der Waals surface area contributed by atoms with E-state index < -0.39 is 24.0 Å². The summed E-state index contributed by atoms with van der Waals surface area (Å²) in [5.41, 5.74) is 2.66. The number of nitrogens with zero attached hydrogens (tertiary/aromatic N) is 1. The van der Waals surface area contributed by atoms with Crippen LogP contribution >= 0.6 is 22.9 Å². The molecule has 2 aliphatic rings. The standard InChI is InChI=1S/C30H31ClF3N3O2S/c31-26-23(13-18-40-26)27(38)36-20-11-16-37(17-12-20)15-6-5-14-29(28(39)35-19-30(32,33)34)24-9-3-1-7-21(24)22-8-2-4-10-25(22)29/h1-4,7-10,13,18,20H,5-6,11-12,14-17,19H2,(H,35,39)(H,36,38). The summed E-state index contributed by atoms with van der Waals surface area (Å²) in [7, 11) is 0. The summed E-state index contributed by atoms with van der Waals surface area (Å²) < 4.78 is 39.7. The van der Waals surface area contributed by atoms with Crippen LogP contribution in [0.4, 0.5) is 13.2 Å². The fraction of sp³-hybridized carbons (Fsp3) is 0.400. The van der Waals surface area contributed by atoms with Gasteiger partial charge in [0.15, 0.2) is 0 Å². The number of halogens is 4. The van der Waals surface area contributed by atoms with Gasteiger partial charge < -0.3 is 15.5 Å². The van der Waals surface area contributed by atoms with E-state index >= 15 is 0 Å². The SMILES string of the molecule is O=C(NC1CCN(CCCCC2(C(=O)NCC(F)(F)F)c3ccccc3-c3ccccc32)CC1)c1ccsc1Cl. The molecule has 0 bridgehead atoms. The van der Waals surface area contributed by atoms with E-state index in [0.717, 1.165) is 61.2 Å². The third-order valence-corrected chi connectivity index (χ3v) is 9.13. The van der Waals surface area contributed by atoms with Crippen molar-refractivity contribution in [2.45, 2.75) is 49.7 Å². The molecule has 0 atom stereocenters. The minimum absolute atomic E-state index is 0.0896. The van der Waals surface area contributed by atoms with Crippen molar-refractivity contribution in [1.82, 2.24) is 15.5 Å². The van der Waals surface area contributed by atoms with Crippen molar-refractivity contribution >= 4 is 34.8 Å². The molecule has 1 saturated heterocycles. The Kier molecular flexibility index (Phi) is 8.54. The highest BCUT2D eigenvalue weighted by atomic mass is 35.5. The van der Waals surface area contributed by atoms with Gasteiger partial charge in [-0.25, -0.2) is 0 Å². The quantitative estimate of drug-likeness (QED) is 0.284. The van der Waals surface area contributed by atoms with E-state index in [1.165, 1.54) is 11.3 Å². The highest BCUT2D eigenvalue weighted by Crippen LogP contribution is 2.51. The van der Waals surface area contributed by atoms with E-state index in [4.69, 9.17) is 11.6 Å². The Labute approximate surface area is 240 Å². The number of rotatable bonds is 9. The number of unbranched alkanes of at least 4 members (excludes halogenated alkanes) is 1. The molecule has 2 aromatic carbocycles. The van der Waals surface area contributed by atoms with Gasteiger partial charge in [0.2, 0.25) is 5.91 Å². The molecule has 0 radical (unpaired) electrons. The van der Waals surface area contributed by atoms with E-state index in [9.17, 15) is 22.8 Å². The van der Waals surface area contributed by atoms with Crippen LogP contribution in [0, 0.1) is 0 Å². The minimum Gasteiger partial charge on any atom is -0.349 e. The van der Waals surface area contributed by atoms with Crippen LogP contribution in [0.15, 0.2) is 60.0 Å². The number of alkyl halides is 3. The number of nitrogens with one attached hydrogen (secondary N) is 2. The van der Waals surface area contributed by atoms with E-state index in [0.29, 0.717) is 22.7 Å². The maximum absolute atomic E-state index is 13.6. The van der Waals surface area contributed by atoms with Crippen molar-refractivity contribution in [3.8, 4) is 11.1 Å². The van der Waals surface area contributed by atoms with Gasteiger partial charge in [-0.1, -0.05) is 66.6 Å². The van der Waals surface area contributed by atoms with Gasteiger partial charge in [-0.2, -0.15) is 13.2 Å². The number of thiophene rings is 1. The minimum atomic E-state index is -4.49. The lowest BCUT2D eigenvalue weighted by Gasteiger charge is -2.33. The van der Waals surface area contributed by atoms with Gasteiger partial charge in [-0.3, -0.25) is 9.59 Å². The molecule has 1 aromatic heterocycles. The summed E-state index contributed by atoms with van der Waals surface area (Å²) in [5, 5.41) is 7.07. The maximum atomic E-state index is 13.6. The number of hydrogen-bond acceptors (Lipinski definition) is 4. The lowest BCUT2D eigenvalue weighted by molar-refractivity contribution is -0.141. The molecule has 3 aromatic rings. The Balaban J connectivity index is 1.21. The van der Waals surface area contributed by atoms with Gasteiger partial charge in [0.05, 0.1) is 5.56 Å². The van der Waals surface area contributed by atoms with Crippen LogP contribution in [0.2, 0.25) is 4.34 Å². The van der Waals surface area contributed by atoms with E-state index in [2.05, 4.69) is 15.5 Å². The fourth-order valence-corrected chi connectivity index (χ4v) is 6.94. The van der Waals surface area contributed by atoms with Crippen molar-refractivity contribution in [3.63, 3.8) is 0 Å². The van der Waals surface area contributed by atoms with Gasteiger partial charge in [-0.05, 0) is 65.9 Å². The molecule has 2 heterocycles. The number of benzene rings is 2. The van der Waals surface area contributed by atoms with Gasteiger partial charge in [-0.15, -0.1) is 11.3 Å². The molecule has 0 saturated carbocycles. The number of piperidine rings is 1. The number of fused-ring (bicyclic) bond motifs is 3. The molecule has 1 aliphatic carbocycles. The molecule has 1 fully saturated rings. The molecule has 2 amide bonds. The molecule has 2 N–H and O–H groups in total. The van der Waals surface area contributed by atoms with Crippen molar-refractivity contribution in [2.24, 2.45) is 0 Å². The lowest BCUT2D eigenvalue weighted by Crippen LogP contribution is -2.47. The van der Waals surface area contributed by atoms with Crippen LogP contribution in [0.3, 0.4) is 0 Å². The summed E-state index contributed by atoms with van der Waals surface area (Å²) in [6.45, 7) is 1.14. The highest BCUT2D eigenvalue weighted by Gasteiger charge is 2.49. The summed E-state index contributed by atoms with van der Waals surface area (Å²) in [5.74, 6) is -0.750. The second-order valence-electron chi connectivity index (χ2n) is 10.4. The van der Waals surface area contributed by atoms with Crippen molar-refractivity contribution < 1.29 is 22.8 Å². The largest absolute Gasteiger partial charge is 0.405 e. The molecule has 1 aliphatic heterocycles. The van der Waals surface area contributed by atoms with Gasteiger partial charge in [0.25, 0.3) is 5.91 Å². The predicted molar refractivity (Wildman–Crippen MR) is 152 cm³/mol. The van der Waals surface area contributed by atoms with Crippen molar-refractivity contribution in [3.05, 3.63) is 81.0 Å². The van der Waals surface area contributed by atoms with Gasteiger partial charge in [0.1, 0.15) is 16.3 Å². The second-order valence-corrected chi connectivity index (χ2v) is 12.0. The van der Waals surface area contributed by atoms with Crippen LogP contribution in [0.5, 0.6) is 0 Å². The summed E-state index contributed by atoms with van der Waals surface area (Å²) in [6, 6.07) is 16.9. The molecule has 212 valence electrons. The summed E-state index contributed by atoms with van der Waals surface area (Å²) in [4.78, 5) is 28.4. The van der Waals surface area contributed by atoms with Crippen LogP contribution < -0.4 is 10.6 Å². The van der Waals surface area contributed by atoms with E-state index in [-0.39, 0.29) is 11.9 Å². The van der Waals surface area contributed by atoms with Crippen LogP contribution in [-0.2, 0) is 10.2 Å². The number of likely N-dealkylation sites (tertiary alicyclic amines) is 1. The van der Waals surface area contributed by atoms with E-state index in [1.807, 2.05) is 48.5 Å². The first-order chi connectivity index (χ1) is 19.2. The van der Waals surface area contributed by atoms with E-state index in [1.54, 1.807) is 11.4 Å². The average molecular weight is 590 g/mol. The first-order valence-electron chi connectivity index (χ1n) is 13.5. The first kappa shape index (κ1) is 28.6. The predicted octanol–water partition coefficient (Wildman–Crippen LogP) is 6.41. The van der Waals surface area contributed by atoms with Crippen molar-refractivity contribution in [1.29, 1.82) is 0 Å². The maximum Gasteiger partial charge on any atom is 0.405 e. The zero-order valence-electron chi connectivity index (χ0n) is 21.9. The average Bonchev–Trinajstić information content (AvgIpc) is 3.50. The summed E-state index contributed by atoms with van der Waals surface area (Å²) in [6.07, 6.45) is -0.930. The van der Waals surface area contributed by atoms with Crippen LogP contribution in [0.1, 0.15) is 53.6 Å². The monoisotopic (exact) mass is 589 g/mol. The lowest BCUT2D eigenvalue weighted by atomic mass is 9.73. The Morgan fingerprint density at radius 3 is 2.17 bits per heavy atom. The Hall–Kier alpha value is -2.88. The molecule has 5 rings (SSSR count). The number of carbonyl (C=O) groups is 2. The van der Waals surface area contributed by atoms with Crippen LogP contribution in [0.25, 0.3) is 11.1 Å². The molecule has 5 nitrogen and oxygen atoms in total. The highest BCUT2D eigenvalue weighted by molar-refractivity contribution is 7.14. The number of carbonyl (C=O) groups excluding carboxylic acids is 2. The molecular weight excluding hydrogens is 559 g/mol. The molecule has 0 unspecified atom stereocenters. The summed E-state index contributed by atoms with van der Waals surface area (Å²) >= 11 is 7.43. The topological polar surface area (TPSA) is 61.4 Å². The number of hydrogen-bond donors (Lipinski definition) is 2. The Morgan fingerprint density at radius 2 is 1.60 bits per heavy atom. The molecule has 0 spiro atoms. The zero-order chi connectivity index (χ0) is 28.3. The zero-order valence-corrected chi connectivity index (χ0v) is 23.5. The van der Waals surface area contributed by atoms with Crippen LogP contribution in [-0.4, -0.2) is 55.1 Å². The normalized spacial score (nSPS) is 16.8. The fourth-order valence-electron chi connectivity index (χ4n) is 6.03. The second kappa shape index (κ2) is 11.9. The Morgan fingerprint density at radius 1 is 0.975 bits per heavy atom. The third kappa shape index (κ3) is 5.92. The molecule has 10 heteroatoms.